The number of rotatable bonds is 3. The van der Waals surface area contributed by atoms with Crippen molar-refractivity contribution in [3.63, 3.8) is 0 Å². The third kappa shape index (κ3) is 2.81. The fraction of sp³-hybridized carbons (Fsp3) is 0.154. The van der Waals surface area contributed by atoms with E-state index in [9.17, 15) is 4.79 Å². The van der Waals surface area contributed by atoms with E-state index in [1.54, 1.807) is 6.08 Å². The Morgan fingerprint density at radius 1 is 1.27 bits per heavy atom. The Morgan fingerprint density at radius 3 is 2.73 bits per heavy atom. The van der Waals surface area contributed by atoms with Gasteiger partial charge in [-0.15, -0.1) is 0 Å². The van der Waals surface area contributed by atoms with Gasteiger partial charge in [0.2, 0.25) is 0 Å². The van der Waals surface area contributed by atoms with Crippen LogP contribution < -0.4 is 0 Å². The summed E-state index contributed by atoms with van der Waals surface area (Å²) in [6.07, 6.45) is 6.89. The van der Waals surface area contributed by atoms with E-state index < -0.39 is 0 Å². The molecule has 0 saturated heterocycles. The second-order valence-corrected chi connectivity index (χ2v) is 3.38. The highest BCUT2D eigenvalue weighted by atomic mass is 16.5. The first-order valence-corrected chi connectivity index (χ1v) is 4.96. The van der Waals surface area contributed by atoms with Crippen LogP contribution in [0.5, 0.6) is 0 Å². The Labute approximate surface area is 88.9 Å². The van der Waals surface area contributed by atoms with Crippen molar-refractivity contribution in [3.8, 4) is 0 Å². The molecule has 1 aliphatic rings. The fourth-order valence-electron chi connectivity index (χ4n) is 1.43. The third-order valence-corrected chi connectivity index (χ3v) is 2.18. The summed E-state index contributed by atoms with van der Waals surface area (Å²) in [6.45, 7) is 0. The minimum atomic E-state index is -0.172. The van der Waals surface area contributed by atoms with Crippen LogP contribution in [0.3, 0.4) is 0 Å². The lowest BCUT2D eigenvalue weighted by Gasteiger charge is -1.95. The minimum absolute atomic E-state index is 0.172. The number of benzene rings is 1. The monoisotopic (exact) mass is 200 g/mol. The van der Waals surface area contributed by atoms with Gasteiger partial charge in [0.15, 0.2) is 0 Å². The van der Waals surface area contributed by atoms with E-state index in [0.717, 1.165) is 6.42 Å². The summed E-state index contributed by atoms with van der Waals surface area (Å²) in [5.74, 6) is 0.491. The molecule has 0 N–H and O–H groups in total. The van der Waals surface area contributed by atoms with Crippen molar-refractivity contribution >= 4 is 5.97 Å². The zero-order chi connectivity index (χ0) is 10.5. The normalized spacial score (nSPS) is 15.5. The minimum Gasteiger partial charge on any atom is -0.427 e. The van der Waals surface area contributed by atoms with Crippen molar-refractivity contribution in [3.05, 3.63) is 59.9 Å². The molecule has 1 heterocycles. The number of carbonyl (C=O) groups is 1. The van der Waals surface area contributed by atoms with E-state index >= 15 is 0 Å². The maximum atomic E-state index is 10.8. The molecule has 0 aromatic heterocycles. The van der Waals surface area contributed by atoms with Crippen LogP contribution in [-0.2, 0) is 16.0 Å². The van der Waals surface area contributed by atoms with Gasteiger partial charge in [0.1, 0.15) is 5.76 Å². The first-order chi connectivity index (χ1) is 7.34. The largest absolute Gasteiger partial charge is 0.427 e. The Morgan fingerprint density at radius 2 is 2.07 bits per heavy atom. The average molecular weight is 200 g/mol. The van der Waals surface area contributed by atoms with E-state index in [2.05, 4.69) is 12.1 Å². The zero-order valence-electron chi connectivity index (χ0n) is 8.35. The highest BCUT2D eigenvalue weighted by Gasteiger charge is 2.10. The lowest BCUT2D eigenvalue weighted by atomic mass is 10.1. The van der Waals surface area contributed by atoms with E-state index in [1.165, 1.54) is 5.56 Å². The van der Waals surface area contributed by atoms with Gasteiger partial charge in [-0.25, -0.2) is 0 Å². The van der Waals surface area contributed by atoms with Crippen LogP contribution >= 0.6 is 0 Å². The number of ether oxygens (including phenoxy) is 1. The Balaban J connectivity index is 1.88. The summed E-state index contributed by atoms with van der Waals surface area (Å²) in [6, 6.07) is 10.2. The van der Waals surface area contributed by atoms with Gasteiger partial charge in [-0.2, -0.15) is 0 Å². The summed E-state index contributed by atoms with van der Waals surface area (Å²) in [5, 5.41) is 0. The van der Waals surface area contributed by atoms with Crippen LogP contribution in [0.1, 0.15) is 12.0 Å². The molecule has 0 amide bonds. The maximum absolute atomic E-state index is 10.8. The van der Waals surface area contributed by atoms with Crippen molar-refractivity contribution in [2.75, 3.05) is 0 Å². The van der Waals surface area contributed by atoms with Crippen molar-refractivity contribution in [2.24, 2.45) is 0 Å². The van der Waals surface area contributed by atoms with Gasteiger partial charge < -0.3 is 4.74 Å². The molecule has 0 radical (unpaired) electrons. The predicted octanol–water partition coefficient (Wildman–Crippen LogP) is 2.62. The van der Waals surface area contributed by atoms with Crippen molar-refractivity contribution in [1.29, 1.82) is 0 Å². The number of hydrogen-bond acceptors (Lipinski definition) is 2. The Kier molecular flexibility index (Phi) is 2.98. The molecule has 76 valence electrons. The maximum Gasteiger partial charge on any atom is 0.315 e. The third-order valence-electron chi connectivity index (χ3n) is 2.18. The average Bonchev–Trinajstić information content (AvgIpc) is 2.66. The molecule has 1 aromatic rings. The van der Waals surface area contributed by atoms with Crippen LogP contribution in [0.25, 0.3) is 0 Å². The molecule has 1 aliphatic heterocycles. The predicted molar refractivity (Wildman–Crippen MR) is 58.1 cm³/mol. The molecule has 0 unspecified atom stereocenters. The van der Waals surface area contributed by atoms with Crippen LogP contribution in [0.4, 0.5) is 0 Å². The van der Waals surface area contributed by atoms with E-state index in [1.807, 2.05) is 30.4 Å². The molecule has 0 bridgehead atoms. The van der Waals surface area contributed by atoms with E-state index in [4.69, 9.17) is 4.74 Å². The fourth-order valence-corrected chi connectivity index (χ4v) is 1.43. The molecule has 0 atom stereocenters. The number of esters is 1. The van der Waals surface area contributed by atoms with Crippen molar-refractivity contribution < 1.29 is 9.53 Å². The molecule has 1 aromatic carbocycles. The van der Waals surface area contributed by atoms with Gasteiger partial charge in [0.05, 0.1) is 6.42 Å². The topological polar surface area (TPSA) is 26.3 Å². The van der Waals surface area contributed by atoms with Gasteiger partial charge in [-0.3, -0.25) is 4.79 Å². The lowest BCUT2D eigenvalue weighted by Crippen LogP contribution is -1.91. The summed E-state index contributed by atoms with van der Waals surface area (Å²) in [7, 11) is 0. The number of carbonyl (C=O) groups excluding carboxylic acids is 1. The lowest BCUT2D eigenvalue weighted by molar-refractivity contribution is -0.136. The van der Waals surface area contributed by atoms with Crippen LogP contribution in [0, 0.1) is 0 Å². The van der Waals surface area contributed by atoms with E-state index in [-0.39, 0.29) is 5.97 Å². The smallest absolute Gasteiger partial charge is 0.315 e. The highest BCUT2D eigenvalue weighted by Crippen LogP contribution is 2.12. The second kappa shape index (κ2) is 4.60. The molecule has 2 nitrogen and oxygen atoms in total. The molecule has 2 rings (SSSR count). The zero-order valence-corrected chi connectivity index (χ0v) is 8.35. The molecule has 0 fully saturated rings. The Bertz CT molecular complexity index is 402. The molecule has 0 saturated carbocycles. The molecular weight excluding hydrogens is 188 g/mol. The van der Waals surface area contributed by atoms with Gasteiger partial charge in [-0.1, -0.05) is 36.4 Å². The molecule has 0 aliphatic carbocycles. The second-order valence-electron chi connectivity index (χ2n) is 3.38. The molecule has 2 heteroatoms. The molecule has 0 spiro atoms. The van der Waals surface area contributed by atoms with Gasteiger partial charge in [0.25, 0.3) is 0 Å². The summed E-state index contributed by atoms with van der Waals surface area (Å²) < 4.78 is 4.93. The summed E-state index contributed by atoms with van der Waals surface area (Å²) >= 11 is 0. The first kappa shape index (κ1) is 9.71. The SMILES string of the molecule is O=C1CC=C(C=CCc2ccccc2)O1. The van der Waals surface area contributed by atoms with Gasteiger partial charge in [0, 0.05) is 0 Å². The van der Waals surface area contributed by atoms with E-state index in [0.29, 0.717) is 12.2 Å². The standard InChI is InChI=1S/C13H12O2/c14-13-10-9-12(15-13)8-4-7-11-5-2-1-3-6-11/h1-6,8-9H,7,10H2. The molecule has 15 heavy (non-hydrogen) atoms. The van der Waals surface area contributed by atoms with Crippen molar-refractivity contribution in [1.82, 2.24) is 0 Å². The molecular formula is C13H12O2. The van der Waals surface area contributed by atoms with Gasteiger partial charge >= 0.3 is 5.97 Å². The quantitative estimate of drug-likeness (QED) is 0.701. The van der Waals surface area contributed by atoms with Crippen LogP contribution in [-0.4, -0.2) is 5.97 Å². The van der Waals surface area contributed by atoms with Crippen molar-refractivity contribution in [2.45, 2.75) is 12.8 Å². The number of cyclic esters (lactones) is 1. The Hall–Kier alpha value is -1.83. The van der Waals surface area contributed by atoms with Crippen LogP contribution in [0.2, 0.25) is 0 Å². The first-order valence-electron chi connectivity index (χ1n) is 4.96. The summed E-state index contributed by atoms with van der Waals surface area (Å²) in [5.41, 5.74) is 1.25. The van der Waals surface area contributed by atoms with Crippen LogP contribution in [0.15, 0.2) is 54.3 Å². The number of allylic oxidation sites excluding steroid dienone is 2. The highest BCUT2D eigenvalue weighted by molar-refractivity contribution is 5.75. The number of hydrogen-bond donors (Lipinski definition) is 0. The summed E-state index contributed by atoms with van der Waals surface area (Å²) in [4.78, 5) is 10.8. The van der Waals surface area contributed by atoms with Gasteiger partial charge in [-0.05, 0) is 24.1 Å².